The van der Waals surface area contributed by atoms with Gasteiger partial charge in [-0.25, -0.2) is 4.39 Å². The van der Waals surface area contributed by atoms with Crippen LogP contribution < -0.4 is 10.6 Å². The summed E-state index contributed by atoms with van der Waals surface area (Å²) in [5, 5.41) is 9.12. The number of nitrogens with one attached hydrogen (secondary N) is 2. The largest absolute Gasteiger partial charge is 0.357 e. The Labute approximate surface area is 151 Å². The summed E-state index contributed by atoms with van der Waals surface area (Å²) in [5.41, 5.74) is 0.627. The van der Waals surface area contributed by atoms with Gasteiger partial charge >= 0.3 is 0 Å². The number of carbonyl (C=O) groups excluding carboxylic acids is 2. The number of nitrogens with zero attached hydrogens (tertiary/aromatic N) is 2. The molecule has 8 heteroatoms. The molecule has 7 nitrogen and oxygen atoms in total. The molecule has 0 aliphatic heterocycles. The second-order valence-electron chi connectivity index (χ2n) is 6.38. The molecule has 2 N–H and O–H groups in total. The van der Waals surface area contributed by atoms with Crippen LogP contribution in [0, 0.1) is 11.7 Å². The van der Waals surface area contributed by atoms with Crippen molar-refractivity contribution in [1.29, 1.82) is 0 Å². The predicted molar refractivity (Wildman–Crippen MR) is 93.5 cm³/mol. The molecule has 2 amide bonds. The number of likely N-dealkylation sites (N-methyl/N-ethyl adjacent to an activating group) is 1. The zero-order valence-electron chi connectivity index (χ0n) is 15.1. The van der Waals surface area contributed by atoms with E-state index in [2.05, 4.69) is 20.8 Å². The van der Waals surface area contributed by atoms with Gasteiger partial charge in [-0.1, -0.05) is 19.0 Å². The molecule has 0 bridgehead atoms. The van der Waals surface area contributed by atoms with Crippen molar-refractivity contribution >= 4 is 11.8 Å². The number of aryl methyl sites for hydroxylation is 1. The van der Waals surface area contributed by atoms with Gasteiger partial charge in [0.1, 0.15) is 11.9 Å². The second kappa shape index (κ2) is 9.07. The van der Waals surface area contributed by atoms with E-state index in [4.69, 9.17) is 4.52 Å². The summed E-state index contributed by atoms with van der Waals surface area (Å²) in [6, 6.07) is 5.16. The molecule has 2 rings (SSSR count). The van der Waals surface area contributed by atoms with Gasteiger partial charge in [-0.3, -0.25) is 9.59 Å². The summed E-state index contributed by atoms with van der Waals surface area (Å²) >= 11 is 0. The molecule has 0 radical (unpaired) electrons. The summed E-state index contributed by atoms with van der Waals surface area (Å²) in [4.78, 5) is 28.2. The summed E-state index contributed by atoms with van der Waals surface area (Å²) in [6.45, 7) is 3.97. The Kier molecular flexibility index (Phi) is 6.82. The van der Waals surface area contributed by atoms with E-state index in [9.17, 15) is 14.0 Å². The van der Waals surface area contributed by atoms with Crippen molar-refractivity contribution in [3.05, 3.63) is 36.0 Å². The van der Waals surface area contributed by atoms with Gasteiger partial charge in [0, 0.05) is 25.5 Å². The van der Waals surface area contributed by atoms with Crippen LogP contribution in [0.15, 0.2) is 28.8 Å². The Balaban J connectivity index is 1.90. The number of hydrogen-bond acceptors (Lipinski definition) is 5. The van der Waals surface area contributed by atoms with E-state index < -0.39 is 6.04 Å². The molecule has 140 valence electrons. The van der Waals surface area contributed by atoms with Crippen LogP contribution in [0.2, 0.25) is 0 Å². The first-order chi connectivity index (χ1) is 12.4. The lowest BCUT2D eigenvalue weighted by Crippen LogP contribution is -2.46. The predicted octanol–water partition coefficient (Wildman–Crippen LogP) is 2.09. The molecule has 1 atom stereocenters. The Morgan fingerprint density at radius 3 is 2.54 bits per heavy atom. The zero-order chi connectivity index (χ0) is 19.1. The number of rotatable bonds is 8. The molecule has 1 aromatic heterocycles. The van der Waals surface area contributed by atoms with Gasteiger partial charge in [-0.15, -0.1) is 0 Å². The summed E-state index contributed by atoms with van der Waals surface area (Å²) in [6.07, 6.45) is 0.930. The Hall–Kier alpha value is -2.77. The maximum absolute atomic E-state index is 12.9. The maximum atomic E-state index is 12.9. The lowest BCUT2D eigenvalue weighted by atomic mass is 10.0. The van der Waals surface area contributed by atoms with Crippen molar-refractivity contribution in [3.8, 4) is 11.4 Å². The van der Waals surface area contributed by atoms with Gasteiger partial charge < -0.3 is 15.2 Å². The average molecular weight is 362 g/mol. The minimum atomic E-state index is -0.565. The molecule has 0 fully saturated rings. The lowest BCUT2D eigenvalue weighted by molar-refractivity contribution is -0.129. The SMILES string of the molecule is CNC(=O)C(CC(C)C)NC(=O)CCc1nc(-c2ccc(F)cc2)no1. The molecule has 1 aromatic carbocycles. The van der Waals surface area contributed by atoms with Crippen LogP contribution in [-0.4, -0.2) is 35.0 Å². The number of carbonyl (C=O) groups is 2. The fraction of sp³-hybridized carbons (Fsp3) is 0.444. The minimum Gasteiger partial charge on any atom is -0.357 e. The highest BCUT2D eigenvalue weighted by molar-refractivity contribution is 5.87. The molecule has 1 unspecified atom stereocenters. The third-order valence-electron chi connectivity index (χ3n) is 3.74. The average Bonchev–Trinajstić information content (AvgIpc) is 3.08. The number of halogens is 1. The molecular weight excluding hydrogens is 339 g/mol. The first kappa shape index (κ1) is 19.6. The second-order valence-corrected chi connectivity index (χ2v) is 6.38. The highest BCUT2D eigenvalue weighted by atomic mass is 19.1. The van der Waals surface area contributed by atoms with E-state index in [0.717, 1.165) is 0 Å². The van der Waals surface area contributed by atoms with Crippen molar-refractivity contribution in [3.63, 3.8) is 0 Å². The van der Waals surface area contributed by atoms with E-state index >= 15 is 0 Å². The molecular formula is C18H23FN4O3. The molecule has 1 heterocycles. The van der Waals surface area contributed by atoms with Crippen molar-refractivity contribution in [2.24, 2.45) is 5.92 Å². The fourth-order valence-electron chi connectivity index (χ4n) is 2.44. The molecule has 0 spiro atoms. The first-order valence-corrected chi connectivity index (χ1v) is 8.48. The van der Waals surface area contributed by atoms with Gasteiger partial charge in [0.2, 0.25) is 23.5 Å². The summed E-state index contributed by atoms with van der Waals surface area (Å²) in [5.74, 6) is 0.0838. The number of amides is 2. The van der Waals surface area contributed by atoms with Crippen LogP contribution in [0.25, 0.3) is 11.4 Å². The van der Waals surface area contributed by atoms with Crippen LogP contribution in [-0.2, 0) is 16.0 Å². The highest BCUT2D eigenvalue weighted by Crippen LogP contribution is 2.16. The standard InChI is InChI=1S/C18H23FN4O3/c1-11(2)10-14(18(25)20-3)21-15(24)8-9-16-22-17(23-26-16)12-4-6-13(19)7-5-12/h4-7,11,14H,8-10H2,1-3H3,(H,20,25)(H,21,24). The topological polar surface area (TPSA) is 97.1 Å². The van der Waals surface area contributed by atoms with Crippen molar-refractivity contribution in [2.45, 2.75) is 39.2 Å². The van der Waals surface area contributed by atoms with E-state index in [1.165, 1.54) is 19.2 Å². The van der Waals surface area contributed by atoms with Crippen molar-refractivity contribution in [1.82, 2.24) is 20.8 Å². The number of benzene rings is 1. The van der Waals surface area contributed by atoms with Crippen LogP contribution in [0.4, 0.5) is 4.39 Å². The maximum Gasteiger partial charge on any atom is 0.242 e. The van der Waals surface area contributed by atoms with Crippen LogP contribution in [0.1, 0.15) is 32.6 Å². The van der Waals surface area contributed by atoms with Crippen LogP contribution in [0.3, 0.4) is 0 Å². The van der Waals surface area contributed by atoms with Crippen molar-refractivity contribution in [2.75, 3.05) is 7.05 Å². The smallest absolute Gasteiger partial charge is 0.242 e. The molecule has 0 saturated heterocycles. The third-order valence-corrected chi connectivity index (χ3v) is 3.74. The van der Waals surface area contributed by atoms with Gasteiger partial charge in [0.05, 0.1) is 0 Å². The zero-order valence-corrected chi connectivity index (χ0v) is 15.1. The Bertz CT molecular complexity index is 743. The summed E-state index contributed by atoms with van der Waals surface area (Å²) < 4.78 is 18.1. The molecule has 0 aliphatic rings. The molecule has 0 aliphatic carbocycles. The minimum absolute atomic E-state index is 0.122. The van der Waals surface area contributed by atoms with Crippen LogP contribution >= 0.6 is 0 Å². The Morgan fingerprint density at radius 2 is 1.92 bits per heavy atom. The third kappa shape index (κ3) is 5.65. The van der Waals surface area contributed by atoms with Gasteiger partial charge in [0.25, 0.3) is 0 Å². The van der Waals surface area contributed by atoms with Crippen LogP contribution in [0.5, 0.6) is 0 Å². The lowest BCUT2D eigenvalue weighted by Gasteiger charge is -2.18. The van der Waals surface area contributed by atoms with E-state index in [1.54, 1.807) is 12.1 Å². The molecule has 0 saturated carbocycles. The van der Waals surface area contributed by atoms with Gasteiger partial charge in [-0.05, 0) is 36.6 Å². The van der Waals surface area contributed by atoms with E-state index in [1.807, 2.05) is 13.8 Å². The first-order valence-electron chi connectivity index (χ1n) is 8.48. The normalized spacial score (nSPS) is 12.0. The van der Waals surface area contributed by atoms with Gasteiger partial charge in [-0.2, -0.15) is 4.98 Å². The molecule has 2 aromatic rings. The fourth-order valence-corrected chi connectivity index (χ4v) is 2.44. The number of hydrogen-bond donors (Lipinski definition) is 2. The van der Waals surface area contributed by atoms with E-state index in [-0.39, 0.29) is 36.4 Å². The quantitative estimate of drug-likeness (QED) is 0.749. The monoisotopic (exact) mass is 362 g/mol. The van der Waals surface area contributed by atoms with E-state index in [0.29, 0.717) is 23.7 Å². The molecule has 26 heavy (non-hydrogen) atoms. The summed E-state index contributed by atoms with van der Waals surface area (Å²) in [7, 11) is 1.54. The van der Waals surface area contributed by atoms with Gasteiger partial charge in [0.15, 0.2) is 0 Å². The number of aromatic nitrogens is 2. The Morgan fingerprint density at radius 1 is 1.23 bits per heavy atom. The highest BCUT2D eigenvalue weighted by Gasteiger charge is 2.21. The van der Waals surface area contributed by atoms with Crippen molar-refractivity contribution < 1.29 is 18.5 Å².